The fourth-order valence-corrected chi connectivity index (χ4v) is 2.90. The maximum Gasteiger partial charge on any atom is 0.267 e. The van der Waals surface area contributed by atoms with E-state index in [1.54, 1.807) is 0 Å². The van der Waals surface area contributed by atoms with Gasteiger partial charge in [-0.3, -0.25) is 9.79 Å². The van der Waals surface area contributed by atoms with Gasteiger partial charge in [-0.2, -0.15) is 0 Å². The van der Waals surface area contributed by atoms with E-state index < -0.39 is 0 Å². The molecule has 3 heteroatoms. The van der Waals surface area contributed by atoms with E-state index in [2.05, 4.69) is 11.9 Å². The zero-order valence-corrected chi connectivity index (χ0v) is 11.1. The minimum Gasteiger partial charge on any atom is -0.327 e. The number of hydrogen-bond acceptors (Lipinski definition) is 2. The SMILES string of the molecule is C=CCC(/C=C\C)C1=NC2(CCCCC2)NC1=O. The Kier molecular flexibility index (Phi) is 4.00. The number of nitrogens with zero attached hydrogens (tertiary/aromatic N) is 1. The van der Waals surface area contributed by atoms with Crippen molar-refractivity contribution in [2.45, 2.75) is 51.1 Å². The van der Waals surface area contributed by atoms with Gasteiger partial charge in [0.05, 0.1) is 0 Å². The molecule has 18 heavy (non-hydrogen) atoms. The first kappa shape index (κ1) is 13.1. The van der Waals surface area contributed by atoms with Crippen LogP contribution >= 0.6 is 0 Å². The van der Waals surface area contributed by atoms with Gasteiger partial charge in [-0.15, -0.1) is 6.58 Å². The summed E-state index contributed by atoms with van der Waals surface area (Å²) in [4.78, 5) is 16.9. The quantitative estimate of drug-likeness (QED) is 0.761. The largest absolute Gasteiger partial charge is 0.327 e. The Morgan fingerprint density at radius 3 is 2.78 bits per heavy atom. The summed E-state index contributed by atoms with van der Waals surface area (Å²) in [6.45, 7) is 5.73. The van der Waals surface area contributed by atoms with E-state index in [4.69, 9.17) is 4.99 Å². The van der Waals surface area contributed by atoms with Gasteiger partial charge in [0, 0.05) is 5.92 Å². The highest BCUT2D eigenvalue weighted by molar-refractivity contribution is 6.41. The number of nitrogens with one attached hydrogen (secondary N) is 1. The number of amides is 1. The van der Waals surface area contributed by atoms with Crippen molar-refractivity contribution in [1.82, 2.24) is 5.32 Å². The number of hydrogen-bond donors (Lipinski definition) is 1. The lowest BCUT2D eigenvalue weighted by Gasteiger charge is -2.30. The lowest BCUT2D eigenvalue weighted by Crippen LogP contribution is -2.44. The van der Waals surface area contributed by atoms with E-state index in [1.165, 1.54) is 6.42 Å². The molecule has 1 spiro atoms. The van der Waals surface area contributed by atoms with Gasteiger partial charge in [0.15, 0.2) is 0 Å². The molecule has 1 aliphatic carbocycles. The van der Waals surface area contributed by atoms with Crippen LogP contribution in [0.1, 0.15) is 45.4 Å². The van der Waals surface area contributed by atoms with E-state index in [0.717, 1.165) is 32.1 Å². The Hall–Kier alpha value is -1.38. The van der Waals surface area contributed by atoms with Crippen LogP contribution in [0, 0.1) is 5.92 Å². The first-order valence-corrected chi connectivity index (χ1v) is 6.87. The van der Waals surface area contributed by atoms with Crippen LogP contribution in [0.15, 0.2) is 29.8 Å². The monoisotopic (exact) mass is 246 g/mol. The molecule has 1 amide bonds. The molecular formula is C15H22N2O. The van der Waals surface area contributed by atoms with Crippen LogP contribution in [-0.2, 0) is 4.79 Å². The lowest BCUT2D eigenvalue weighted by molar-refractivity contribution is -0.115. The molecular weight excluding hydrogens is 224 g/mol. The minimum absolute atomic E-state index is 0.0156. The van der Waals surface area contributed by atoms with Crippen LogP contribution in [0.4, 0.5) is 0 Å². The van der Waals surface area contributed by atoms with Gasteiger partial charge < -0.3 is 5.32 Å². The van der Waals surface area contributed by atoms with Gasteiger partial charge in [0.25, 0.3) is 5.91 Å². The Bertz CT molecular complexity index is 389. The number of carbonyl (C=O) groups is 1. The number of carbonyl (C=O) groups excluding carboxylic acids is 1. The van der Waals surface area contributed by atoms with Crippen molar-refractivity contribution in [2.75, 3.05) is 0 Å². The van der Waals surface area contributed by atoms with Crippen LogP contribution in [0.3, 0.4) is 0 Å². The predicted molar refractivity (Wildman–Crippen MR) is 74.5 cm³/mol. The summed E-state index contributed by atoms with van der Waals surface area (Å²) in [5.74, 6) is 0.0932. The maximum atomic E-state index is 12.1. The van der Waals surface area contributed by atoms with Crippen molar-refractivity contribution in [1.29, 1.82) is 0 Å². The van der Waals surface area contributed by atoms with Gasteiger partial charge >= 0.3 is 0 Å². The van der Waals surface area contributed by atoms with Gasteiger partial charge in [-0.1, -0.05) is 24.6 Å². The number of allylic oxidation sites excluding steroid dienone is 3. The van der Waals surface area contributed by atoms with Crippen molar-refractivity contribution < 1.29 is 4.79 Å². The third kappa shape index (κ3) is 2.55. The Morgan fingerprint density at radius 2 is 2.17 bits per heavy atom. The Balaban J connectivity index is 2.22. The first-order valence-electron chi connectivity index (χ1n) is 6.87. The highest BCUT2D eigenvalue weighted by Gasteiger charge is 2.41. The molecule has 1 saturated carbocycles. The summed E-state index contributed by atoms with van der Waals surface area (Å²) < 4.78 is 0. The van der Waals surface area contributed by atoms with E-state index >= 15 is 0 Å². The Morgan fingerprint density at radius 1 is 1.44 bits per heavy atom. The molecule has 0 saturated heterocycles. The van der Waals surface area contributed by atoms with Crippen LogP contribution in [0.25, 0.3) is 0 Å². The fourth-order valence-electron chi connectivity index (χ4n) is 2.90. The van der Waals surface area contributed by atoms with Gasteiger partial charge in [0.1, 0.15) is 11.4 Å². The summed E-state index contributed by atoms with van der Waals surface area (Å²) in [5, 5.41) is 3.11. The van der Waals surface area contributed by atoms with Crippen LogP contribution in [0.5, 0.6) is 0 Å². The van der Waals surface area contributed by atoms with Gasteiger partial charge in [-0.05, 0) is 39.0 Å². The lowest BCUT2D eigenvalue weighted by atomic mass is 9.90. The molecule has 0 aromatic carbocycles. The third-order valence-corrected chi connectivity index (χ3v) is 3.79. The summed E-state index contributed by atoms with van der Waals surface area (Å²) in [6, 6.07) is 0. The normalized spacial score (nSPS) is 24.1. The van der Waals surface area contributed by atoms with Gasteiger partial charge in [0.2, 0.25) is 0 Å². The van der Waals surface area contributed by atoms with Crippen molar-refractivity contribution in [3.05, 3.63) is 24.8 Å². The second kappa shape index (κ2) is 5.51. The van der Waals surface area contributed by atoms with E-state index in [-0.39, 0.29) is 17.5 Å². The molecule has 0 radical (unpaired) electrons. The molecule has 3 nitrogen and oxygen atoms in total. The zero-order valence-electron chi connectivity index (χ0n) is 11.1. The molecule has 1 aliphatic heterocycles. The van der Waals surface area contributed by atoms with Crippen LogP contribution < -0.4 is 5.32 Å². The second-order valence-corrected chi connectivity index (χ2v) is 5.20. The highest BCUT2D eigenvalue weighted by atomic mass is 16.2. The van der Waals surface area contributed by atoms with E-state index in [1.807, 2.05) is 25.2 Å². The molecule has 1 atom stereocenters. The summed E-state index contributed by atoms with van der Waals surface area (Å²) in [6.07, 6.45) is 12.2. The van der Waals surface area contributed by atoms with Crippen molar-refractivity contribution >= 4 is 11.6 Å². The molecule has 1 heterocycles. The fraction of sp³-hybridized carbons (Fsp3) is 0.600. The average Bonchev–Trinajstić information content (AvgIpc) is 2.67. The second-order valence-electron chi connectivity index (χ2n) is 5.20. The average molecular weight is 246 g/mol. The summed E-state index contributed by atoms with van der Waals surface area (Å²) in [5.41, 5.74) is 0.404. The molecule has 2 rings (SSSR count). The zero-order chi connectivity index (χ0) is 13.0. The standard InChI is InChI=1S/C15H22N2O/c1-3-8-12(9-4-2)13-14(18)17-15(16-13)10-6-5-7-11-15/h3-4,9,12H,1,5-8,10-11H2,2H3,(H,17,18)/b9-4-. The predicted octanol–water partition coefficient (Wildman–Crippen LogP) is 2.99. The van der Waals surface area contributed by atoms with E-state index in [9.17, 15) is 4.79 Å². The Labute approximate surface area is 109 Å². The van der Waals surface area contributed by atoms with Crippen molar-refractivity contribution in [2.24, 2.45) is 10.9 Å². The molecule has 1 N–H and O–H groups in total. The van der Waals surface area contributed by atoms with Crippen LogP contribution in [-0.4, -0.2) is 17.3 Å². The molecule has 0 aromatic heterocycles. The number of aliphatic imine (C=N–C) groups is 1. The third-order valence-electron chi connectivity index (χ3n) is 3.79. The minimum atomic E-state index is -0.286. The molecule has 1 unspecified atom stereocenters. The topological polar surface area (TPSA) is 41.5 Å². The van der Waals surface area contributed by atoms with Crippen molar-refractivity contribution in [3.63, 3.8) is 0 Å². The molecule has 0 bridgehead atoms. The maximum absolute atomic E-state index is 12.1. The van der Waals surface area contributed by atoms with E-state index in [0.29, 0.717) is 5.71 Å². The molecule has 0 aromatic rings. The molecule has 2 aliphatic rings. The first-order chi connectivity index (χ1) is 8.71. The van der Waals surface area contributed by atoms with Gasteiger partial charge in [-0.25, -0.2) is 0 Å². The smallest absolute Gasteiger partial charge is 0.267 e. The summed E-state index contributed by atoms with van der Waals surface area (Å²) >= 11 is 0. The van der Waals surface area contributed by atoms with Crippen molar-refractivity contribution in [3.8, 4) is 0 Å². The molecule has 98 valence electrons. The highest BCUT2D eigenvalue weighted by Crippen LogP contribution is 2.33. The van der Waals surface area contributed by atoms with Crippen LogP contribution in [0.2, 0.25) is 0 Å². The number of rotatable bonds is 4. The molecule has 1 fully saturated rings. The summed E-state index contributed by atoms with van der Waals surface area (Å²) in [7, 11) is 0.